The SMILES string of the molecule is CCOP(=O)(CN(CC(=O)O)CC(=O)O)OCC. The smallest absolute Gasteiger partial charge is 0.344 e. The Morgan fingerprint density at radius 3 is 1.72 bits per heavy atom. The third-order valence-electron chi connectivity index (χ3n) is 1.74. The molecule has 0 saturated heterocycles. The van der Waals surface area contributed by atoms with Crippen molar-refractivity contribution in [2.45, 2.75) is 13.8 Å². The molecule has 0 aromatic carbocycles. The summed E-state index contributed by atoms with van der Waals surface area (Å²) in [6.45, 7) is 2.40. The molecule has 0 fully saturated rings. The van der Waals surface area contributed by atoms with Crippen molar-refractivity contribution < 1.29 is 33.4 Å². The summed E-state index contributed by atoms with van der Waals surface area (Å²) < 4.78 is 22.1. The molecule has 0 aliphatic rings. The van der Waals surface area contributed by atoms with E-state index in [0.717, 1.165) is 4.90 Å². The van der Waals surface area contributed by atoms with Crippen LogP contribution < -0.4 is 0 Å². The van der Waals surface area contributed by atoms with Crippen molar-refractivity contribution in [2.24, 2.45) is 0 Å². The molecule has 0 aliphatic heterocycles. The van der Waals surface area contributed by atoms with Crippen molar-refractivity contribution in [1.82, 2.24) is 4.90 Å². The van der Waals surface area contributed by atoms with Gasteiger partial charge in [0, 0.05) is 0 Å². The lowest BCUT2D eigenvalue weighted by Crippen LogP contribution is -2.35. The number of carbonyl (C=O) groups is 2. The number of hydrogen-bond donors (Lipinski definition) is 2. The normalized spacial score (nSPS) is 11.7. The predicted octanol–water partition coefficient (Wildman–Crippen LogP) is 0.681. The van der Waals surface area contributed by atoms with E-state index in [4.69, 9.17) is 19.3 Å². The molecule has 106 valence electrons. The molecule has 0 radical (unpaired) electrons. The minimum absolute atomic E-state index is 0.130. The number of rotatable bonds is 10. The quantitative estimate of drug-likeness (QED) is 0.563. The zero-order chi connectivity index (χ0) is 14.2. The van der Waals surface area contributed by atoms with E-state index in [1.807, 2.05) is 0 Å². The Morgan fingerprint density at radius 2 is 1.44 bits per heavy atom. The minimum Gasteiger partial charge on any atom is -0.480 e. The summed E-state index contributed by atoms with van der Waals surface area (Å²) in [4.78, 5) is 22.2. The van der Waals surface area contributed by atoms with Gasteiger partial charge < -0.3 is 19.3 Å². The maximum absolute atomic E-state index is 12.1. The van der Waals surface area contributed by atoms with E-state index < -0.39 is 32.6 Å². The molecule has 0 aliphatic carbocycles. The van der Waals surface area contributed by atoms with Gasteiger partial charge in [0.2, 0.25) is 0 Å². The number of hydrogen-bond acceptors (Lipinski definition) is 6. The molecule has 0 aromatic rings. The van der Waals surface area contributed by atoms with Crippen LogP contribution in [-0.2, 0) is 23.2 Å². The molecule has 0 saturated carbocycles. The van der Waals surface area contributed by atoms with Crippen molar-refractivity contribution in [3.05, 3.63) is 0 Å². The summed E-state index contributed by atoms with van der Waals surface area (Å²) in [5.41, 5.74) is 0. The number of nitrogens with zero attached hydrogens (tertiary/aromatic N) is 1. The number of aliphatic carboxylic acids is 2. The average Bonchev–Trinajstić information content (AvgIpc) is 2.14. The zero-order valence-corrected chi connectivity index (χ0v) is 11.3. The molecule has 8 nitrogen and oxygen atoms in total. The van der Waals surface area contributed by atoms with Crippen molar-refractivity contribution >= 4 is 19.5 Å². The molecule has 0 heterocycles. The molecule has 0 bridgehead atoms. The first-order valence-corrected chi connectivity index (χ1v) is 7.09. The van der Waals surface area contributed by atoms with Crippen LogP contribution in [0.1, 0.15) is 13.8 Å². The van der Waals surface area contributed by atoms with Gasteiger partial charge in [-0.05, 0) is 13.8 Å². The van der Waals surface area contributed by atoms with Crippen LogP contribution in [0.2, 0.25) is 0 Å². The van der Waals surface area contributed by atoms with Gasteiger partial charge >= 0.3 is 19.5 Å². The predicted molar refractivity (Wildman–Crippen MR) is 62.6 cm³/mol. The van der Waals surface area contributed by atoms with E-state index in [1.54, 1.807) is 13.8 Å². The largest absolute Gasteiger partial charge is 0.480 e. The summed E-state index contributed by atoms with van der Waals surface area (Å²) in [5.74, 6) is -2.42. The zero-order valence-electron chi connectivity index (χ0n) is 10.4. The van der Waals surface area contributed by atoms with Gasteiger partial charge in [0.05, 0.1) is 26.3 Å². The molecule has 0 spiro atoms. The second kappa shape index (κ2) is 8.20. The fourth-order valence-electron chi connectivity index (χ4n) is 1.30. The summed E-state index contributed by atoms with van der Waals surface area (Å²) >= 11 is 0. The first-order chi connectivity index (χ1) is 8.33. The Kier molecular flexibility index (Phi) is 7.77. The summed E-state index contributed by atoms with van der Waals surface area (Å²) in [6.07, 6.45) is -0.368. The second-order valence-corrected chi connectivity index (χ2v) is 5.38. The molecule has 0 rings (SSSR count). The summed E-state index contributed by atoms with van der Waals surface area (Å²) in [7, 11) is -3.49. The number of carboxylic acid groups (broad SMARTS) is 2. The van der Waals surface area contributed by atoms with Crippen molar-refractivity contribution in [3.8, 4) is 0 Å². The van der Waals surface area contributed by atoms with Gasteiger partial charge in [-0.2, -0.15) is 0 Å². The molecule has 0 unspecified atom stereocenters. The molecule has 18 heavy (non-hydrogen) atoms. The fraction of sp³-hybridized carbons (Fsp3) is 0.778. The van der Waals surface area contributed by atoms with Crippen LogP contribution >= 0.6 is 7.60 Å². The van der Waals surface area contributed by atoms with Gasteiger partial charge in [0.1, 0.15) is 6.29 Å². The second-order valence-electron chi connectivity index (χ2n) is 3.36. The van der Waals surface area contributed by atoms with Gasteiger partial charge in [-0.15, -0.1) is 0 Å². The van der Waals surface area contributed by atoms with Gasteiger partial charge in [-0.1, -0.05) is 0 Å². The highest BCUT2D eigenvalue weighted by atomic mass is 31.2. The highest BCUT2D eigenvalue weighted by molar-refractivity contribution is 7.53. The maximum atomic E-state index is 12.1. The van der Waals surface area contributed by atoms with Crippen LogP contribution in [0.25, 0.3) is 0 Å². The Labute approximate surface area is 105 Å². The molecule has 9 heteroatoms. The van der Waals surface area contributed by atoms with Gasteiger partial charge in [0.25, 0.3) is 0 Å². The lowest BCUT2D eigenvalue weighted by molar-refractivity contribution is -0.141. The Hall–Kier alpha value is -0.950. The van der Waals surface area contributed by atoms with Crippen LogP contribution in [0, 0.1) is 0 Å². The van der Waals surface area contributed by atoms with Crippen molar-refractivity contribution in [3.63, 3.8) is 0 Å². The van der Waals surface area contributed by atoms with Gasteiger partial charge in [0.15, 0.2) is 0 Å². The van der Waals surface area contributed by atoms with Crippen LogP contribution in [0.3, 0.4) is 0 Å². The monoisotopic (exact) mass is 283 g/mol. The van der Waals surface area contributed by atoms with E-state index in [9.17, 15) is 14.2 Å². The van der Waals surface area contributed by atoms with E-state index in [1.165, 1.54) is 0 Å². The summed E-state index contributed by atoms with van der Waals surface area (Å²) in [6, 6.07) is 0. The van der Waals surface area contributed by atoms with Crippen LogP contribution in [0.15, 0.2) is 0 Å². The third kappa shape index (κ3) is 7.39. The summed E-state index contributed by atoms with van der Waals surface area (Å²) in [5, 5.41) is 17.3. The maximum Gasteiger partial charge on any atom is 0.344 e. The van der Waals surface area contributed by atoms with E-state index in [-0.39, 0.29) is 19.5 Å². The highest BCUT2D eigenvalue weighted by Gasteiger charge is 2.29. The molecule has 2 N–H and O–H groups in total. The minimum atomic E-state index is -3.49. The average molecular weight is 283 g/mol. The van der Waals surface area contributed by atoms with Crippen molar-refractivity contribution in [2.75, 3.05) is 32.6 Å². The lowest BCUT2D eigenvalue weighted by Gasteiger charge is -2.24. The Morgan fingerprint density at radius 1 is 1.06 bits per heavy atom. The van der Waals surface area contributed by atoms with E-state index in [2.05, 4.69) is 0 Å². The van der Waals surface area contributed by atoms with Crippen LogP contribution in [0.5, 0.6) is 0 Å². The molecular weight excluding hydrogens is 265 g/mol. The first-order valence-electron chi connectivity index (χ1n) is 5.37. The Bertz CT molecular complexity index is 307. The van der Waals surface area contributed by atoms with E-state index >= 15 is 0 Å². The van der Waals surface area contributed by atoms with Gasteiger partial charge in [-0.3, -0.25) is 19.1 Å². The van der Waals surface area contributed by atoms with Crippen LogP contribution in [-0.4, -0.2) is 59.6 Å². The standard InChI is InChI=1S/C9H18NO7P/c1-3-16-18(15,17-4-2)7-10(5-8(11)12)6-9(13)14/h3-7H2,1-2H3,(H,11,12)(H,13,14). The topological polar surface area (TPSA) is 113 Å². The molecular formula is C9H18NO7P. The van der Waals surface area contributed by atoms with Crippen LogP contribution in [0.4, 0.5) is 0 Å². The van der Waals surface area contributed by atoms with Crippen molar-refractivity contribution in [1.29, 1.82) is 0 Å². The van der Waals surface area contributed by atoms with Gasteiger partial charge in [-0.25, -0.2) is 0 Å². The number of carboxylic acids is 2. The Balaban J connectivity index is 4.72. The highest BCUT2D eigenvalue weighted by Crippen LogP contribution is 2.48. The first kappa shape index (κ1) is 17.1. The third-order valence-corrected chi connectivity index (χ3v) is 3.79. The molecule has 0 amide bonds. The fourth-order valence-corrected chi connectivity index (χ4v) is 3.01. The molecule has 0 atom stereocenters. The lowest BCUT2D eigenvalue weighted by atomic mass is 10.5. The van der Waals surface area contributed by atoms with E-state index in [0.29, 0.717) is 0 Å². The molecule has 0 aromatic heterocycles.